The minimum atomic E-state index is -1.83. The highest BCUT2D eigenvalue weighted by atomic mass is 127. The summed E-state index contributed by atoms with van der Waals surface area (Å²) in [5, 5.41) is 0. The molecule has 13 heavy (non-hydrogen) atoms. The standard InChI is InChI=1S/C4H10O3P.C3H9ISi/c1-3-6-8(5)7-4-2;1-5(2,3)4/h3-4H2,1-2H3;1-3H3/q+1;. The van der Waals surface area contributed by atoms with Gasteiger partial charge in [0, 0.05) is 4.57 Å². The second kappa shape index (κ2) is 9.52. The molecule has 0 amide bonds. The van der Waals surface area contributed by atoms with Crippen molar-refractivity contribution in [1.29, 1.82) is 0 Å². The molecule has 0 aromatic carbocycles. The predicted octanol–water partition coefficient (Wildman–Crippen LogP) is 3.97. The summed E-state index contributed by atoms with van der Waals surface area (Å²) in [6.07, 6.45) is 0. The third-order valence-electron chi connectivity index (χ3n) is 0.469. The van der Waals surface area contributed by atoms with Gasteiger partial charge in [-0.05, 0) is 13.8 Å². The molecule has 80 valence electrons. The van der Waals surface area contributed by atoms with Gasteiger partial charge in [-0.25, -0.2) is 0 Å². The fraction of sp³-hybridized carbons (Fsp3) is 1.00. The highest BCUT2D eigenvalue weighted by Gasteiger charge is 2.15. The fourth-order valence-corrected chi connectivity index (χ4v) is 0.744. The summed E-state index contributed by atoms with van der Waals surface area (Å²) in [6, 6.07) is 0. The minimum Gasteiger partial charge on any atom is -0.120 e. The average Bonchev–Trinajstić information content (AvgIpc) is 1.84. The molecular formula is C7H19IO3PSi+. The molecule has 0 aliphatic carbocycles. The highest BCUT2D eigenvalue weighted by molar-refractivity contribution is 14.1. The van der Waals surface area contributed by atoms with Crippen molar-refractivity contribution < 1.29 is 13.6 Å². The molecule has 0 aromatic rings. The van der Waals surface area contributed by atoms with E-state index in [1.807, 2.05) is 0 Å². The van der Waals surface area contributed by atoms with Crippen LogP contribution in [0.3, 0.4) is 0 Å². The normalized spacial score (nSPS) is 10.3. The first kappa shape index (κ1) is 16.4. The van der Waals surface area contributed by atoms with Crippen LogP contribution in [0.2, 0.25) is 19.6 Å². The maximum atomic E-state index is 10.3. The van der Waals surface area contributed by atoms with Crippen LogP contribution in [0, 0.1) is 0 Å². The van der Waals surface area contributed by atoms with Crippen molar-refractivity contribution in [2.45, 2.75) is 33.5 Å². The molecule has 0 unspecified atom stereocenters. The van der Waals surface area contributed by atoms with Gasteiger partial charge in [0.15, 0.2) is 0 Å². The van der Waals surface area contributed by atoms with Crippen LogP contribution in [0.25, 0.3) is 0 Å². The van der Waals surface area contributed by atoms with Gasteiger partial charge in [0.1, 0.15) is 18.8 Å². The number of rotatable bonds is 4. The van der Waals surface area contributed by atoms with Crippen LogP contribution >= 0.6 is 30.1 Å². The van der Waals surface area contributed by atoms with Crippen molar-refractivity contribution >= 4 is 35.6 Å². The topological polar surface area (TPSA) is 35.5 Å². The van der Waals surface area contributed by atoms with Gasteiger partial charge in [-0.2, -0.15) is 0 Å². The van der Waals surface area contributed by atoms with Crippen molar-refractivity contribution in [2.75, 3.05) is 13.2 Å². The smallest absolute Gasteiger partial charge is 0.120 e. The summed E-state index contributed by atoms with van der Waals surface area (Å²) in [4.78, 5) is 0. The molecule has 0 bridgehead atoms. The summed E-state index contributed by atoms with van der Waals surface area (Å²) in [7, 11) is -1.83. The largest absolute Gasteiger partial charge is 0.697 e. The van der Waals surface area contributed by atoms with Gasteiger partial charge >= 0.3 is 8.25 Å². The van der Waals surface area contributed by atoms with Crippen LogP contribution in [-0.4, -0.2) is 18.8 Å². The molecule has 0 fully saturated rings. The second-order valence-corrected chi connectivity index (χ2v) is 17.9. The molecule has 0 radical (unpaired) electrons. The van der Waals surface area contributed by atoms with Crippen LogP contribution in [0.4, 0.5) is 0 Å². The molecule has 0 heterocycles. The molecule has 0 rings (SSSR count). The van der Waals surface area contributed by atoms with Gasteiger partial charge in [-0.15, -0.1) is 30.8 Å². The Hall–Kier alpha value is 0.967. The van der Waals surface area contributed by atoms with E-state index in [0.29, 0.717) is 13.2 Å². The SMILES string of the molecule is CCO[P+](=O)OCC.C[Si](C)(C)I. The second-order valence-electron chi connectivity index (χ2n) is 3.13. The molecule has 0 N–H and O–H groups in total. The number of halogens is 1. The van der Waals surface area contributed by atoms with Gasteiger partial charge in [0.25, 0.3) is 0 Å². The Balaban J connectivity index is 0. The van der Waals surface area contributed by atoms with Crippen LogP contribution in [0.5, 0.6) is 0 Å². The van der Waals surface area contributed by atoms with E-state index in [-0.39, 0.29) is 0 Å². The Labute approximate surface area is 95.8 Å². The Morgan fingerprint density at radius 3 is 1.54 bits per heavy atom. The van der Waals surface area contributed by atoms with Crippen LogP contribution < -0.4 is 0 Å². The Kier molecular flexibility index (Phi) is 12.0. The minimum absolute atomic E-state index is 0.440. The molecule has 0 saturated carbocycles. The number of hydrogen-bond donors (Lipinski definition) is 0. The summed E-state index contributed by atoms with van der Waals surface area (Å²) >= 11 is 2.52. The quantitative estimate of drug-likeness (QED) is 0.337. The lowest BCUT2D eigenvalue weighted by molar-refractivity contribution is 0.243. The summed E-state index contributed by atoms with van der Waals surface area (Å²) in [6.45, 7) is 11.4. The maximum Gasteiger partial charge on any atom is 0.697 e. The molecule has 0 spiro atoms. The summed E-state index contributed by atoms with van der Waals surface area (Å²) < 4.78 is 19.5. The molecule has 0 atom stereocenters. The molecule has 0 aliphatic rings. The lowest BCUT2D eigenvalue weighted by Crippen LogP contribution is -2.05. The van der Waals surface area contributed by atoms with Crippen molar-refractivity contribution in [3.8, 4) is 0 Å². The van der Waals surface area contributed by atoms with Gasteiger partial charge in [-0.3, -0.25) is 0 Å². The Morgan fingerprint density at radius 1 is 1.15 bits per heavy atom. The summed E-state index contributed by atoms with van der Waals surface area (Å²) in [5.74, 6) is 0. The average molecular weight is 337 g/mol. The fourth-order valence-electron chi connectivity index (χ4n) is 0.248. The zero-order valence-electron chi connectivity index (χ0n) is 8.96. The third kappa shape index (κ3) is 32.1. The van der Waals surface area contributed by atoms with Crippen molar-refractivity contribution in [3.63, 3.8) is 0 Å². The first-order valence-corrected chi connectivity index (χ1v) is 11.9. The van der Waals surface area contributed by atoms with Crippen LogP contribution in [-0.2, 0) is 13.6 Å². The van der Waals surface area contributed by atoms with E-state index in [1.165, 1.54) is 0 Å². The van der Waals surface area contributed by atoms with E-state index in [1.54, 1.807) is 13.8 Å². The van der Waals surface area contributed by atoms with Crippen molar-refractivity contribution in [3.05, 3.63) is 0 Å². The zero-order chi connectivity index (χ0) is 10.9. The van der Waals surface area contributed by atoms with Crippen LogP contribution in [0.15, 0.2) is 0 Å². The van der Waals surface area contributed by atoms with Crippen LogP contribution in [0.1, 0.15) is 13.8 Å². The molecular weight excluding hydrogens is 318 g/mol. The third-order valence-corrected chi connectivity index (χ3v) is 1.41. The molecule has 0 aliphatic heterocycles. The Morgan fingerprint density at radius 2 is 1.38 bits per heavy atom. The van der Waals surface area contributed by atoms with E-state index < -0.39 is 13.8 Å². The van der Waals surface area contributed by atoms with Gasteiger partial charge in [-0.1, -0.05) is 19.6 Å². The molecule has 0 aromatic heterocycles. The van der Waals surface area contributed by atoms with Gasteiger partial charge in [0.05, 0.1) is 0 Å². The monoisotopic (exact) mass is 337 g/mol. The van der Waals surface area contributed by atoms with Gasteiger partial charge in [0.2, 0.25) is 0 Å². The first-order chi connectivity index (χ1) is 5.81. The Bertz CT molecular complexity index is 124. The van der Waals surface area contributed by atoms with Crippen molar-refractivity contribution in [2.24, 2.45) is 0 Å². The maximum absolute atomic E-state index is 10.3. The van der Waals surface area contributed by atoms with E-state index >= 15 is 0 Å². The van der Waals surface area contributed by atoms with Gasteiger partial charge < -0.3 is 0 Å². The molecule has 3 nitrogen and oxygen atoms in total. The van der Waals surface area contributed by atoms with Crippen molar-refractivity contribution in [1.82, 2.24) is 0 Å². The van der Waals surface area contributed by atoms with E-state index in [2.05, 4.69) is 50.5 Å². The predicted molar refractivity (Wildman–Crippen MR) is 68.2 cm³/mol. The molecule has 0 saturated heterocycles. The number of hydrogen-bond acceptors (Lipinski definition) is 3. The molecule has 6 heteroatoms. The highest BCUT2D eigenvalue weighted by Crippen LogP contribution is 2.21. The summed E-state index contributed by atoms with van der Waals surface area (Å²) in [5.41, 5.74) is -0.641. The van der Waals surface area contributed by atoms with E-state index in [4.69, 9.17) is 0 Å². The lowest BCUT2D eigenvalue weighted by Gasteiger charge is -1.98. The van der Waals surface area contributed by atoms with E-state index in [9.17, 15) is 4.57 Å². The van der Waals surface area contributed by atoms with E-state index in [0.717, 1.165) is 0 Å². The zero-order valence-corrected chi connectivity index (χ0v) is 13.0. The first-order valence-electron chi connectivity index (χ1n) is 4.23. The lowest BCUT2D eigenvalue weighted by atomic mass is 10.9.